The van der Waals surface area contributed by atoms with Crippen LogP contribution in [0.15, 0.2) is 17.6 Å². The van der Waals surface area contributed by atoms with Crippen LogP contribution in [0.25, 0.3) is 6.08 Å². The number of aromatic carboxylic acids is 1. The molecule has 0 bridgehead atoms. The maximum atomic E-state index is 11.3. The number of phenolic OH excluding ortho intramolecular Hbond substituents is 2. The van der Waals surface area contributed by atoms with Gasteiger partial charge in [-0.05, 0) is 51.4 Å². The van der Waals surface area contributed by atoms with Gasteiger partial charge >= 0.3 is 13.1 Å². The number of hydrogen-bond acceptors (Lipinski definition) is 6. The second kappa shape index (κ2) is 7.24. The van der Waals surface area contributed by atoms with Gasteiger partial charge in [0.15, 0.2) is 0 Å². The molecule has 1 aliphatic heterocycles. The largest absolute Gasteiger partial charge is 0.507 e. The molecule has 1 saturated heterocycles. The molecule has 1 heterocycles. The number of carbonyl (C=O) groups is 2. The van der Waals surface area contributed by atoms with Crippen molar-refractivity contribution in [3.05, 3.63) is 28.7 Å². The van der Waals surface area contributed by atoms with Crippen molar-refractivity contribution >= 4 is 25.1 Å². The van der Waals surface area contributed by atoms with E-state index in [-0.39, 0.29) is 23.6 Å². The third-order valence-electron chi connectivity index (χ3n) is 4.81. The van der Waals surface area contributed by atoms with Gasteiger partial charge in [0.2, 0.25) is 5.91 Å². The number of carboxylic acid groups (broad SMARTS) is 1. The Bertz CT molecular complexity index is 762. The van der Waals surface area contributed by atoms with E-state index in [1.807, 2.05) is 27.7 Å². The van der Waals surface area contributed by atoms with Crippen LogP contribution in [0.1, 0.15) is 50.5 Å². The first-order chi connectivity index (χ1) is 12.3. The molecule has 0 atom stereocenters. The number of hydrogen-bond donors (Lipinski definition) is 4. The molecule has 8 nitrogen and oxygen atoms in total. The van der Waals surface area contributed by atoms with Crippen molar-refractivity contribution < 1.29 is 34.2 Å². The summed E-state index contributed by atoms with van der Waals surface area (Å²) in [5.74, 6) is -2.37. The van der Waals surface area contributed by atoms with Gasteiger partial charge in [-0.25, -0.2) is 4.79 Å². The van der Waals surface area contributed by atoms with E-state index in [9.17, 15) is 19.8 Å². The van der Waals surface area contributed by atoms with Crippen molar-refractivity contribution in [3.8, 4) is 11.5 Å². The molecule has 1 aromatic carbocycles. The van der Waals surface area contributed by atoms with Crippen LogP contribution in [0, 0.1) is 0 Å². The number of benzene rings is 1. The predicted molar refractivity (Wildman–Crippen MR) is 99.5 cm³/mol. The third kappa shape index (κ3) is 4.43. The van der Waals surface area contributed by atoms with Gasteiger partial charge in [-0.1, -0.05) is 0 Å². The molecule has 0 saturated carbocycles. The predicted octanol–water partition coefficient (Wildman–Crippen LogP) is 1.95. The highest BCUT2D eigenvalue weighted by atomic mass is 16.7. The minimum absolute atomic E-state index is 0.00932. The van der Waals surface area contributed by atoms with Crippen molar-refractivity contribution in [3.63, 3.8) is 0 Å². The molecule has 0 unspecified atom stereocenters. The van der Waals surface area contributed by atoms with E-state index in [4.69, 9.17) is 14.4 Å². The van der Waals surface area contributed by atoms with E-state index >= 15 is 0 Å². The highest BCUT2D eigenvalue weighted by Gasteiger charge is 2.52. The van der Waals surface area contributed by atoms with E-state index in [0.717, 1.165) is 12.1 Å². The summed E-state index contributed by atoms with van der Waals surface area (Å²) in [6.07, 6.45) is 1.42. The Morgan fingerprint density at radius 2 is 1.59 bits per heavy atom. The Morgan fingerprint density at radius 1 is 1.11 bits per heavy atom. The zero-order valence-corrected chi connectivity index (χ0v) is 16.0. The van der Waals surface area contributed by atoms with Crippen molar-refractivity contribution in [2.45, 2.75) is 45.8 Å². The molecule has 9 heteroatoms. The molecule has 1 amide bonds. The standard InChI is InChI=1S/C18H24BNO7/c1-10(21)20-9-12(19-26-17(2,3)18(4,5)27-19)8-13-14(22)6-11(16(24)25)7-15(13)23/h6-8,22-23H,9H2,1-5H3,(H,20,21)(H,24,25). The first-order valence-corrected chi connectivity index (χ1v) is 8.44. The highest BCUT2D eigenvalue weighted by Crippen LogP contribution is 2.39. The van der Waals surface area contributed by atoms with E-state index < -0.39 is 35.8 Å². The second-order valence-electron chi connectivity index (χ2n) is 7.45. The van der Waals surface area contributed by atoms with Crippen molar-refractivity contribution in [2.75, 3.05) is 6.54 Å². The van der Waals surface area contributed by atoms with Gasteiger partial charge < -0.3 is 29.9 Å². The summed E-state index contributed by atoms with van der Waals surface area (Å²) in [6, 6.07) is 2.07. The topological polar surface area (TPSA) is 125 Å². The molecule has 27 heavy (non-hydrogen) atoms. The molecule has 1 aromatic rings. The lowest BCUT2D eigenvalue weighted by atomic mass is 9.76. The zero-order valence-electron chi connectivity index (χ0n) is 16.0. The number of aromatic hydroxyl groups is 2. The lowest BCUT2D eigenvalue weighted by Gasteiger charge is -2.32. The average molecular weight is 377 g/mol. The number of carboxylic acids is 1. The first-order valence-electron chi connectivity index (χ1n) is 8.44. The number of phenols is 2. The lowest BCUT2D eigenvalue weighted by molar-refractivity contribution is -0.118. The summed E-state index contributed by atoms with van der Waals surface area (Å²) in [7, 11) is -0.820. The number of nitrogens with one attached hydrogen (secondary N) is 1. The molecule has 1 fully saturated rings. The molecular weight excluding hydrogens is 353 g/mol. The summed E-state index contributed by atoms with van der Waals surface area (Å²) in [4.78, 5) is 22.4. The van der Waals surface area contributed by atoms with E-state index in [0.29, 0.717) is 5.47 Å². The number of amides is 1. The van der Waals surface area contributed by atoms with Crippen molar-refractivity contribution in [1.29, 1.82) is 0 Å². The van der Waals surface area contributed by atoms with Crippen LogP contribution in [0.2, 0.25) is 0 Å². The first kappa shape index (κ1) is 20.8. The minimum atomic E-state index is -1.28. The van der Waals surface area contributed by atoms with Crippen LogP contribution in [0.5, 0.6) is 11.5 Å². The highest BCUT2D eigenvalue weighted by molar-refractivity contribution is 6.56. The van der Waals surface area contributed by atoms with Gasteiger partial charge in [0.05, 0.1) is 22.3 Å². The van der Waals surface area contributed by atoms with Crippen LogP contribution < -0.4 is 5.32 Å². The second-order valence-corrected chi connectivity index (χ2v) is 7.45. The molecule has 0 aromatic heterocycles. The summed E-state index contributed by atoms with van der Waals surface area (Å²) in [6.45, 7) is 8.92. The minimum Gasteiger partial charge on any atom is -0.507 e. The molecule has 4 N–H and O–H groups in total. The van der Waals surface area contributed by atoms with Crippen LogP contribution in [0.3, 0.4) is 0 Å². The Balaban J connectivity index is 2.46. The molecule has 1 aliphatic rings. The van der Waals surface area contributed by atoms with Crippen molar-refractivity contribution in [2.24, 2.45) is 0 Å². The molecule has 0 radical (unpaired) electrons. The smallest absolute Gasteiger partial charge is 0.492 e. The summed E-state index contributed by atoms with van der Waals surface area (Å²) < 4.78 is 11.9. The molecule has 146 valence electrons. The molecular formula is C18H24BNO7. The fourth-order valence-corrected chi connectivity index (χ4v) is 2.50. The quantitative estimate of drug-likeness (QED) is 0.578. The SMILES string of the molecule is CC(=O)NCC(=Cc1c(O)cc(C(=O)O)cc1O)B1OC(C)(C)C(C)(C)O1. The lowest BCUT2D eigenvalue weighted by Crippen LogP contribution is -2.41. The van der Waals surface area contributed by atoms with E-state index in [1.54, 1.807) is 0 Å². The fraction of sp³-hybridized carbons (Fsp3) is 0.444. The number of rotatable bonds is 5. The maximum Gasteiger partial charge on any atom is 0.492 e. The molecule has 0 aliphatic carbocycles. The zero-order chi connectivity index (χ0) is 20.6. The average Bonchev–Trinajstić information content (AvgIpc) is 2.73. The third-order valence-corrected chi connectivity index (χ3v) is 4.81. The Kier molecular flexibility index (Phi) is 5.58. The summed E-state index contributed by atoms with van der Waals surface area (Å²) in [5.41, 5.74) is -1.03. The van der Waals surface area contributed by atoms with Gasteiger partial charge in [0, 0.05) is 13.5 Å². The maximum absolute atomic E-state index is 11.3. The van der Waals surface area contributed by atoms with Gasteiger partial charge in [0.1, 0.15) is 11.5 Å². The van der Waals surface area contributed by atoms with Gasteiger partial charge in [-0.2, -0.15) is 0 Å². The molecule has 2 rings (SSSR count). The Labute approximate surface area is 157 Å². The monoisotopic (exact) mass is 377 g/mol. The van der Waals surface area contributed by atoms with Crippen LogP contribution in [-0.4, -0.2) is 52.1 Å². The normalized spacial score (nSPS) is 18.4. The van der Waals surface area contributed by atoms with Crippen LogP contribution in [0.4, 0.5) is 0 Å². The summed E-state index contributed by atoms with van der Waals surface area (Å²) >= 11 is 0. The Hall–Kier alpha value is -2.52. The number of carbonyl (C=O) groups excluding carboxylic acids is 1. The van der Waals surface area contributed by atoms with Gasteiger partial charge in [0.25, 0.3) is 0 Å². The molecule has 0 spiro atoms. The van der Waals surface area contributed by atoms with Gasteiger partial charge in [-0.15, -0.1) is 0 Å². The summed E-state index contributed by atoms with van der Waals surface area (Å²) in [5, 5.41) is 32.0. The Morgan fingerprint density at radius 3 is 2.00 bits per heavy atom. The van der Waals surface area contributed by atoms with E-state index in [1.165, 1.54) is 13.0 Å². The van der Waals surface area contributed by atoms with Gasteiger partial charge in [-0.3, -0.25) is 4.79 Å². The van der Waals surface area contributed by atoms with Crippen molar-refractivity contribution in [1.82, 2.24) is 5.32 Å². The fourth-order valence-electron chi connectivity index (χ4n) is 2.50. The van der Waals surface area contributed by atoms with Crippen LogP contribution in [-0.2, 0) is 14.1 Å². The van der Waals surface area contributed by atoms with Crippen LogP contribution >= 0.6 is 0 Å². The van der Waals surface area contributed by atoms with E-state index in [2.05, 4.69) is 5.32 Å².